The van der Waals surface area contributed by atoms with Crippen LogP contribution in [-0.4, -0.2) is 26.5 Å². The first-order chi connectivity index (χ1) is 12.8. The minimum atomic E-state index is 0.705. The molecule has 0 aliphatic heterocycles. The first-order valence-electron chi connectivity index (χ1n) is 8.68. The summed E-state index contributed by atoms with van der Waals surface area (Å²) in [5, 5.41) is 5.65. The first-order valence-corrected chi connectivity index (χ1v) is 9.50. The predicted octanol–water partition coefficient (Wildman–Crippen LogP) is 4.37. The van der Waals surface area contributed by atoms with Gasteiger partial charge in [-0.3, -0.25) is 4.98 Å². The Morgan fingerprint density at radius 3 is 2.69 bits per heavy atom. The Hall–Kier alpha value is -2.86. The second-order valence-electron chi connectivity index (χ2n) is 5.90. The van der Waals surface area contributed by atoms with Crippen LogP contribution in [0, 0.1) is 0 Å². The van der Waals surface area contributed by atoms with E-state index in [1.54, 1.807) is 23.7 Å². The lowest BCUT2D eigenvalue weighted by molar-refractivity contribution is 0.987. The van der Waals surface area contributed by atoms with Crippen LogP contribution in [0.25, 0.3) is 22.3 Å². The smallest absolute Gasteiger partial charge is 0.162 e. The average Bonchev–Trinajstić information content (AvgIpc) is 3.16. The number of aryl methyl sites for hydroxylation is 1. The van der Waals surface area contributed by atoms with E-state index >= 15 is 0 Å². The number of aromatic nitrogens is 4. The van der Waals surface area contributed by atoms with Crippen molar-refractivity contribution in [3.05, 3.63) is 64.9 Å². The summed E-state index contributed by atoms with van der Waals surface area (Å²) in [5.74, 6) is 1.56. The van der Waals surface area contributed by atoms with Gasteiger partial charge >= 0.3 is 0 Å². The van der Waals surface area contributed by atoms with Gasteiger partial charge in [-0.25, -0.2) is 15.0 Å². The number of hydrogen-bond acceptors (Lipinski definition) is 6. The summed E-state index contributed by atoms with van der Waals surface area (Å²) >= 11 is 1.78. The van der Waals surface area contributed by atoms with E-state index in [0.717, 1.165) is 46.7 Å². The molecule has 0 atom stereocenters. The number of benzene rings is 1. The van der Waals surface area contributed by atoms with Crippen LogP contribution in [0.15, 0.2) is 55.0 Å². The van der Waals surface area contributed by atoms with Gasteiger partial charge in [0.25, 0.3) is 0 Å². The van der Waals surface area contributed by atoms with E-state index in [0.29, 0.717) is 5.82 Å². The van der Waals surface area contributed by atoms with Gasteiger partial charge in [0.2, 0.25) is 0 Å². The second-order valence-corrected chi connectivity index (χ2v) is 7.10. The van der Waals surface area contributed by atoms with Crippen molar-refractivity contribution in [3.63, 3.8) is 0 Å². The number of pyridine rings is 1. The van der Waals surface area contributed by atoms with Gasteiger partial charge in [0.05, 0.1) is 10.5 Å². The zero-order chi connectivity index (χ0) is 17.8. The molecule has 4 aromatic rings. The molecule has 5 nitrogen and oxygen atoms in total. The summed E-state index contributed by atoms with van der Waals surface area (Å²) in [6.45, 7) is 2.94. The van der Waals surface area contributed by atoms with Crippen molar-refractivity contribution in [2.75, 3.05) is 11.9 Å². The van der Waals surface area contributed by atoms with E-state index in [-0.39, 0.29) is 0 Å². The Morgan fingerprint density at radius 1 is 1.04 bits per heavy atom. The van der Waals surface area contributed by atoms with E-state index in [1.165, 1.54) is 4.88 Å². The van der Waals surface area contributed by atoms with E-state index in [9.17, 15) is 0 Å². The van der Waals surface area contributed by atoms with Crippen molar-refractivity contribution < 1.29 is 0 Å². The van der Waals surface area contributed by atoms with Gasteiger partial charge in [-0.15, -0.1) is 11.3 Å². The van der Waals surface area contributed by atoms with Crippen molar-refractivity contribution in [3.8, 4) is 11.4 Å². The van der Waals surface area contributed by atoms with Gasteiger partial charge in [0.15, 0.2) is 5.82 Å². The molecule has 0 aliphatic carbocycles. The highest BCUT2D eigenvalue weighted by atomic mass is 32.1. The summed E-state index contributed by atoms with van der Waals surface area (Å²) in [6, 6.07) is 11.9. The quantitative estimate of drug-likeness (QED) is 0.553. The first kappa shape index (κ1) is 16.6. The third-order valence-corrected chi connectivity index (χ3v) is 5.32. The Morgan fingerprint density at radius 2 is 1.88 bits per heavy atom. The topological polar surface area (TPSA) is 63.6 Å². The van der Waals surface area contributed by atoms with Gasteiger partial charge < -0.3 is 5.32 Å². The van der Waals surface area contributed by atoms with Crippen molar-refractivity contribution in [2.24, 2.45) is 0 Å². The molecule has 0 saturated heterocycles. The maximum atomic E-state index is 4.76. The van der Waals surface area contributed by atoms with E-state index < -0.39 is 0 Å². The van der Waals surface area contributed by atoms with Crippen molar-refractivity contribution in [1.29, 1.82) is 0 Å². The lowest BCUT2D eigenvalue weighted by Crippen LogP contribution is -2.08. The van der Waals surface area contributed by atoms with Crippen LogP contribution in [0.2, 0.25) is 0 Å². The lowest BCUT2D eigenvalue weighted by Gasteiger charge is -2.10. The highest BCUT2D eigenvalue weighted by molar-refractivity contribution is 7.11. The lowest BCUT2D eigenvalue weighted by atomic mass is 10.2. The fourth-order valence-electron chi connectivity index (χ4n) is 2.76. The fraction of sp³-hybridized carbons (Fsp3) is 0.200. The van der Waals surface area contributed by atoms with Crippen LogP contribution in [-0.2, 0) is 12.8 Å². The molecular weight excluding hydrogens is 342 g/mol. The van der Waals surface area contributed by atoms with Crippen LogP contribution in [0.3, 0.4) is 0 Å². The van der Waals surface area contributed by atoms with E-state index in [4.69, 9.17) is 9.97 Å². The van der Waals surface area contributed by atoms with Crippen molar-refractivity contribution >= 4 is 28.1 Å². The summed E-state index contributed by atoms with van der Waals surface area (Å²) in [6.07, 6.45) is 7.41. The van der Waals surface area contributed by atoms with Gasteiger partial charge in [0, 0.05) is 47.4 Å². The van der Waals surface area contributed by atoms with Crippen LogP contribution in [0.1, 0.15) is 16.8 Å². The molecule has 0 amide bonds. The molecule has 6 heteroatoms. The number of nitrogens with zero attached hydrogens (tertiary/aromatic N) is 4. The Kier molecular flexibility index (Phi) is 4.84. The molecule has 1 aromatic carbocycles. The summed E-state index contributed by atoms with van der Waals surface area (Å²) in [7, 11) is 0. The number of hydrogen-bond donors (Lipinski definition) is 1. The standard InChI is InChI=1S/C20H19N5S/c1-2-15-13-23-18(26-15)9-12-22-20-16-5-3-4-6-17(16)24-19(25-20)14-7-10-21-11-8-14/h3-8,10-11,13H,2,9,12H2,1H3,(H,22,24,25). The molecule has 4 rings (SSSR count). The van der Waals surface area contributed by atoms with Crippen LogP contribution in [0.4, 0.5) is 5.82 Å². The maximum Gasteiger partial charge on any atom is 0.162 e. The SMILES string of the molecule is CCc1cnc(CCNc2nc(-c3ccncc3)nc3ccccc23)s1. The fourth-order valence-corrected chi connectivity index (χ4v) is 3.62. The highest BCUT2D eigenvalue weighted by Gasteiger charge is 2.09. The Balaban J connectivity index is 1.60. The van der Waals surface area contributed by atoms with Gasteiger partial charge in [-0.1, -0.05) is 19.1 Å². The molecule has 0 spiro atoms. The number of fused-ring (bicyclic) bond motifs is 1. The van der Waals surface area contributed by atoms with Gasteiger partial charge in [-0.2, -0.15) is 0 Å². The molecule has 0 unspecified atom stereocenters. The average molecular weight is 361 g/mol. The zero-order valence-corrected chi connectivity index (χ0v) is 15.3. The molecule has 1 N–H and O–H groups in total. The molecular formula is C20H19N5S. The number of anilines is 1. The second kappa shape index (κ2) is 7.58. The molecule has 0 bridgehead atoms. The van der Waals surface area contributed by atoms with Crippen LogP contribution in [0.5, 0.6) is 0 Å². The molecule has 3 heterocycles. The van der Waals surface area contributed by atoms with Gasteiger partial charge in [-0.05, 0) is 30.7 Å². The molecule has 0 radical (unpaired) electrons. The maximum absolute atomic E-state index is 4.76. The molecule has 0 saturated carbocycles. The molecule has 3 aromatic heterocycles. The minimum absolute atomic E-state index is 0.705. The van der Waals surface area contributed by atoms with Crippen molar-refractivity contribution in [2.45, 2.75) is 19.8 Å². The van der Waals surface area contributed by atoms with Crippen molar-refractivity contribution in [1.82, 2.24) is 19.9 Å². The van der Waals surface area contributed by atoms with Crippen LogP contribution >= 0.6 is 11.3 Å². The van der Waals surface area contributed by atoms with E-state index in [2.05, 4.69) is 22.2 Å². The normalized spacial score (nSPS) is 11.0. The number of thiazole rings is 1. The monoisotopic (exact) mass is 361 g/mol. The minimum Gasteiger partial charge on any atom is -0.369 e. The summed E-state index contributed by atoms with van der Waals surface area (Å²) in [5.41, 5.74) is 1.89. The van der Waals surface area contributed by atoms with E-state index in [1.807, 2.05) is 42.6 Å². The zero-order valence-electron chi connectivity index (χ0n) is 14.5. The number of nitrogens with one attached hydrogen (secondary N) is 1. The Bertz CT molecular complexity index is 1010. The molecule has 0 fully saturated rings. The number of para-hydroxylation sites is 1. The summed E-state index contributed by atoms with van der Waals surface area (Å²) in [4.78, 5) is 19.3. The molecule has 26 heavy (non-hydrogen) atoms. The van der Waals surface area contributed by atoms with Gasteiger partial charge in [0.1, 0.15) is 5.82 Å². The number of rotatable bonds is 6. The third-order valence-electron chi connectivity index (χ3n) is 4.12. The highest BCUT2D eigenvalue weighted by Crippen LogP contribution is 2.24. The third kappa shape index (κ3) is 3.55. The molecule has 0 aliphatic rings. The van der Waals surface area contributed by atoms with Crippen LogP contribution < -0.4 is 5.32 Å². The predicted molar refractivity (Wildman–Crippen MR) is 106 cm³/mol. The largest absolute Gasteiger partial charge is 0.369 e. The molecule has 130 valence electrons. The summed E-state index contributed by atoms with van der Waals surface area (Å²) < 4.78 is 0. The Labute approximate surface area is 156 Å².